The maximum absolute atomic E-state index is 12.0. The lowest BCUT2D eigenvalue weighted by molar-refractivity contribution is -0.160. The van der Waals surface area contributed by atoms with E-state index >= 15 is 0 Å². The number of hydrogen-bond acceptors (Lipinski definition) is 14. The summed E-state index contributed by atoms with van der Waals surface area (Å²) in [6.07, 6.45) is 3.82. The molecule has 0 heterocycles. The molecule has 0 aromatic carbocycles. The Morgan fingerprint density at radius 2 is 0.792 bits per heavy atom. The highest BCUT2D eigenvalue weighted by Crippen LogP contribution is 2.14. The van der Waals surface area contributed by atoms with Crippen LogP contribution in [0.5, 0.6) is 0 Å². The van der Waals surface area contributed by atoms with Gasteiger partial charge in [0, 0.05) is 0 Å². The Morgan fingerprint density at radius 3 is 1.08 bits per heavy atom. The summed E-state index contributed by atoms with van der Waals surface area (Å²) in [4.78, 5) is 23.5. The van der Waals surface area contributed by atoms with Crippen LogP contribution in [0.1, 0.15) is 60.3 Å². The Bertz CT molecular complexity index is 704. The fourth-order valence-electron chi connectivity index (χ4n) is 3.76. The predicted molar refractivity (Wildman–Crippen MR) is 178 cm³/mol. The molecule has 0 fully saturated rings. The number of ether oxygens (including phenoxy) is 12. The summed E-state index contributed by atoms with van der Waals surface area (Å²) >= 11 is 0. The average molecular weight is 699 g/mol. The molecule has 1 atom stereocenters. The van der Waals surface area contributed by atoms with Crippen molar-refractivity contribution in [3.63, 3.8) is 0 Å². The lowest BCUT2D eigenvalue weighted by Gasteiger charge is -2.19. The number of hydrogen-bond donors (Lipinski definition) is 0. The standard InChI is InChI=1S/C34H66O14/c1-6-8-9-31(7-2)33(36)47-29-28-45-25-24-43-21-20-41-17-16-39-13-12-37-10-11-38-14-15-40-18-19-42-22-23-44-26-27-46-30-32(35)48-34(3,4)5/h31H,6-30H2,1-5H3. The van der Waals surface area contributed by atoms with Gasteiger partial charge >= 0.3 is 11.9 Å². The van der Waals surface area contributed by atoms with Gasteiger partial charge in [-0.15, -0.1) is 0 Å². The molecule has 14 heteroatoms. The molecule has 0 N–H and O–H groups in total. The molecule has 286 valence electrons. The smallest absolute Gasteiger partial charge is 0.332 e. The largest absolute Gasteiger partial charge is 0.463 e. The van der Waals surface area contributed by atoms with Crippen LogP contribution in [-0.4, -0.2) is 156 Å². The van der Waals surface area contributed by atoms with Gasteiger partial charge in [0.25, 0.3) is 0 Å². The maximum atomic E-state index is 12.0. The zero-order chi connectivity index (χ0) is 35.4. The zero-order valence-electron chi connectivity index (χ0n) is 30.5. The molecule has 0 saturated carbocycles. The minimum Gasteiger partial charge on any atom is -0.463 e. The second-order valence-corrected chi connectivity index (χ2v) is 11.6. The molecule has 0 aliphatic carbocycles. The summed E-state index contributed by atoms with van der Waals surface area (Å²) in [5, 5.41) is 0. The molecule has 0 rings (SSSR count). The summed E-state index contributed by atoms with van der Waals surface area (Å²) in [5.41, 5.74) is -0.513. The van der Waals surface area contributed by atoms with Gasteiger partial charge in [-0.25, -0.2) is 4.79 Å². The molecule has 0 spiro atoms. The van der Waals surface area contributed by atoms with Crippen molar-refractivity contribution in [1.29, 1.82) is 0 Å². The topological polar surface area (TPSA) is 145 Å². The van der Waals surface area contributed by atoms with Crippen molar-refractivity contribution in [1.82, 2.24) is 0 Å². The van der Waals surface area contributed by atoms with Crippen molar-refractivity contribution in [2.45, 2.75) is 65.9 Å². The lowest BCUT2D eigenvalue weighted by atomic mass is 10.00. The van der Waals surface area contributed by atoms with E-state index in [2.05, 4.69) is 6.92 Å². The number of rotatable bonds is 37. The van der Waals surface area contributed by atoms with Gasteiger partial charge in [0.05, 0.1) is 131 Å². The first kappa shape index (κ1) is 46.5. The van der Waals surface area contributed by atoms with Gasteiger partial charge < -0.3 is 56.8 Å². The van der Waals surface area contributed by atoms with E-state index < -0.39 is 5.60 Å². The molecule has 0 amide bonds. The Morgan fingerprint density at radius 1 is 0.479 bits per heavy atom. The maximum Gasteiger partial charge on any atom is 0.332 e. The molecule has 0 aliphatic rings. The SMILES string of the molecule is CCCCC(CC)C(=O)OCCOCCOCCOCCOCCOCCOCCOCCOCCOCCOCC(=O)OC(C)(C)C. The van der Waals surface area contributed by atoms with Crippen LogP contribution in [-0.2, 0) is 66.4 Å². The van der Waals surface area contributed by atoms with Crippen LogP contribution < -0.4 is 0 Å². The molecule has 0 aliphatic heterocycles. The van der Waals surface area contributed by atoms with Gasteiger partial charge in [-0.1, -0.05) is 26.7 Å². The fraction of sp³-hybridized carbons (Fsp3) is 0.941. The number of unbranched alkanes of at least 4 members (excludes halogenated alkanes) is 1. The van der Waals surface area contributed by atoms with Gasteiger partial charge in [-0.2, -0.15) is 0 Å². The third kappa shape index (κ3) is 35.8. The van der Waals surface area contributed by atoms with Gasteiger partial charge in [0.2, 0.25) is 0 Å². The molecule has 0 saturated heterocycles. The minimum atomic E-state index is -0.513. The summed E-state index contributed by atoms with van der Waals surface area (Å²) < 4.78 is 64.7. The first-order valence-electron chi connectivity index (χ1n) is 17.5. The Labute approximate surface area is 288 Å². The van der Waals surface area contributed by atoms with Crippen LogP contribution in [0.25, 0.3) is 0 Å². The Kier molecular flexibility index (Phi) is 34.3. The summed E-state index contributed by atoms with van der Waals surface area (Å²) in [6, 6.07) is 0. The Hall–Kier alpha value is -1.46. The van der Waals surface area contributed by atoms with Gasteiger partial charge in [-0.05, 0) is 33.6 Å². The molecule has 0 radical (unpaired) electrons. The van der Waals surface area contributed by atoms with Crippen LogP contribution in [0.4, 0.5) is 0 Å². The van der Waals surface area contributed by atoms with Crippen LogP contribution in [0.15, 0.2) is 0 Å². The fourth-order valence-corrected chi connectivity index (χ4v) is 3.76. The normalized spacial score (nSPS) is 12.4. The number of esters is 2. The predicted octanol–water partition coefficient (Wildman–Crippen LogP) is 3.25. The first-order valence-corrected chi connectivity index (χ1v) is 17.5. The molecule has 0 aromatic heterocycles. The Balaban J connectivity index is 3.19. The average Bonchev–Trinajstić information content (AvgIpc) is 3.04. The lowest BCUT2D eigenvalue weighted by Crippen LogP contribution is -2.27. The van der Waals surface area contributed by atoms with Crippen LogP contribution in [0.2, 0.25) is 0 Å². The van der Waals surface area contributed by atoms with E-state index in [9.17, 15) is 9.59 Å². The molecule has 0 aromatic rings. The van der Waals surface area contributed by atoms with E-state index in [-0.39, 0.29) is 31.1 Å². The third-order valence-corrected chi connectivity index (χ3v) is 6.19. The van der Waals surface area contributed by atoms with E-state index in [1.807, 2.05) is 27.7 Å². The molecular formula is C34H66O14. The van der Waals surface area contributed by atoms with E-state index in [0.717, 1.165) is 25.7 Å². The molecule has 14 nitrogen and oxygen atoms in total. The van der Waals surface area contributed by atoms with Crippen LogP contribution in [0, 0.1) is 5.92 Å². The van der Waals surface area contributed by atoms with E-state index in [0.29, 0.717) is 126 Å². The molecule has 48 heavy (non-hydrogen) atoms. The highest BCUT2D eigenvalue weighted by molar-refractivity contribution is 5.72. The van der Waals surface area contributed by atoms with Gasteiger partial charge in [-0.3, -0.25) is 4.79 Å². The van der Waals surface area contributed by atoms with Gasteiger partial charge in [0.15, 0.2) is 0 Å². The highest BCUT2D eigenvalue weighted by Gasteiger charge is 2.17. The quantitative estimate of drug-likeness (QED) is 0.0691. The third-order valence-electron chi connectivity index (χ3n) is 6.19. The monoisotopic (exact) mass is 698 g/mol. The van der Waals surface area contributed by atoms with Crippen molar-refractivity contribution in [3.8, 4) is 0 Å². The van der Waals surface area contributed by atoms with Crippen molar-refractivity contribution in [2.24, 2.45) is 5.92 Å². The molecular weight excluding hydrogens is 632 g/mol. The first-order chi connectivity index (χ1) is 23.3. The van der Waals surface area contributed by atoms with Crippen molar-refractivity contribution in [3.05, 3.63) is 0 Å². The zero-order valence-corrected chi connectivity index (χ0v) is 30.5. The van der Waals surface area contributed by atoms with E-state index in [1.165, 1.54) is 0 Å². The summed E-state index contributed by atoms with van der Waals surface area (Å²) in [6.45, 7) is 18.4. The van der Waals surface area contributed by atoms with Crippen molar-refractivity contribution >= 4 is 11.9 Å². The van der Waals surface area contributed by atoms with Crippen LogP contribution in [0.3, 0.4) is 0 Å². The van der Waals surface area contributed by atoms with Crippen LogP contribution >= 0.6 is 0 Å². The van der Waals surface area contributed by atoms with Gasteiger partial charge in [0.1, 0.15) is 18.8 Å². The number of carbonyl (C=O) groups is 2. The minimum absolute atomic E-state index is 0.00750. The van der Waals surface area contributed by atoms with E-state index in [4.69, 9.17) is 56.8 Å². The molecule has 0 bridgehead atoms. The molecule has 1 unspecified atom stereocenters. The highest BCUT2D eigenvalue weighted by atomic mass is 16.6. The van der Waals surface area contributed by atoms with Crippen molar-refractivity contribution < 1.29 is 66.4 Å². The van der Waals surface area contributed by atoms with E-state index in [1.54, 1.807) is 0 Å². The van der Waals surface area contributed by atoms with Crippen molar-refractivity contribution in [2.75, 3.05) is 139 Å². The summed E-state index contributed by atoms with van der Waals surface area (Å²) in [5.74, 6) is -0.520. The second kappa shape index (κ2) is 35.4. The second-order valence-electron chi connectivity index (χ2n) is 11.6. The number of carbonyl (C=O) groups excluding carboxylic acids is 2. The summed E-state index contributed by atoms with van der Waals surface area (Å²) in [7, 11) is 0.